The van der Waals surface area contributed by atoms with E-state index in [-0.39, 0.29) is 5.92 Å². The highest BCUT2D eigenvalue weighted by atomic mass is 16.4. The van der Waals surface area contributed by atoms with Gasteiger partial charge in [-0.15, -0.1) is 0 Å². The molecule has 108 valence electrons. The van der Waals surface area contributed by atoms with E-state index >= 15 is 0 Å². The molecule has 0 bridgehead atoms. The van der Waals surface area contributed by atoms with Crippen LogP contribution in [0.15, 0.2) is 18.2 Å². The summed E-state index contributed by atoms with van der Waals surface area (Å²) in [7, 11) is 0. The van der Waals surface area contributed by atoms with Crippen molar-refractivity contribution >= 4 is 5.97 Å². The molecule has 0 heterocycles. The summed E-state index contributed by atoms with van der Waals surface area (Å²) < 4.78 is 0. The van der Waals surface area contributed by atoms with Gasteiger partial charge in [-0.25, -0.2) is 0 Å². The summed E-state index contributed by atoms with van der Waals surface area (Å²) in [6.45, 7) is 0.912. The number of aliphatic carboxylic acids is 1. The molecule has 0 unspecified atom stereocenters. The van der Waals surface area contributed by atoms with E-state index in [0.29, 0.717) is 6.04 Å². The third-order valence-electron chi connectivity index (χ3n) is 4.83. The molecule has 1 aromatic carbocycles. The summed E-state index contributed by atoms with van der Waals surface area (Å²) in [6, 6.07) is 7.35. The minimum atomic E-state index is -0.623. The molecule has 0 amide bonds. The molecule has 0 aromatic heterocycles. The Labute approximate surface area is 120 Å². The van der Waals surface area contributed by atoms with Crippen LogP contribution in [0.5, 0.6) is 0 Å². The molecular formula is C17H23NO2. The second kappa shape index (κ2) is 5.96. The highest BCUT2D eigenvalue weighted by molar-refractivity contribution is 5.70. The lowest BCUT2D eigenvalue weighted by atomic mass is 9.86. The van der Waals surface area contributed by atoms with Crippen molar-refractivity contribution in [2.75, 3.05) is 0 Å². The molecule has 0 aliphatic heterocycles. The van der Waals surface area contributed by atoms with Gasteiger partial charge in [-0.3, -0.25) is 4.79 Å². The second-order valence-electron chi connectivity index (χ2n) is 6.22. The number of benzene rings is 1. The fraction of sp³-hybridized carbons (Fsp3) is 0.588. The highest BCUT2D eigenvalue weighted by Crippen LogP contribution is 2.25. The Bertz CT molecular complexity index is 490. The molecule has 3 rings (SSSR count). The van der Waals surface area contributed by atoms with Crippen LogP contribution >= 0.6 is 0 Å². The number of rotatable bonds is 4. The number of hydrogen-bond donors (Lipinski definition) is 2. The third-order valence-corrected chi connectivity index (χ3v) is 4.83. The lowest BCUT2D eigenvalue weighted by Crippen LogP contribution is -2.34. The summed E-state index contributed by atoms with van der Waals surface area (Å²) in [6.07, 6.45) is 7.37. The number of carboxylic acids is 1. The maximum atomic E-state index is 10.9. The van der Waals surface area contributed by atoms with Crippen LogP contribution in [0.4, 0.5) is 0 Å². The topological polar surface area (TPSA) is 49.3 Å². The molecule has 0 atom stereocenters. The van der Waals surface area contributed by atoms with Crippen LogP contribution in [0.2, 0.25) is 0 Å². The first kappa shape index (κ1) is 13.6. The zero-order chi connectivity index (χ0) is 13.9. The van der Waals surface area contributed by atoms with Gasteiger partial charge in [-0.2, -0.15) is 0 Å². The number of hydrogen-bond acceptors (Lipinski definition) is 2. The van der Waals surface area contributed by atoms with Gasteiger partial charge < -0.3 is 10.4 Å². The summed E-state index contributed by atoms with van der Waals surface area (Å²) >= 11 is 0. The molecule has 1 aromatic rings. The summed E-state index contributed by atoms with van der Waals surface area (Å²) in [5, 5.41) is 12.6. The Kier molecular flexibility index (Phi) is 4.06. The SMILES string of the molecule is O=C(O)C1CCC(NCc2ccc3c(c2)CCC3)CC1. The predicted octanol–water partition coefficient (Wildman–Crippen LogP) is 2.91. The Morgan fingerprint density at radius 1 is 1.15 bits per heavy atom. The molecule has 3 nitrogen and oxygen atoms in total. The van der Waals surface area contributed by atoms with E-state index < -0.39 is 5.97 Å². The molecule has 2 aliphatic carbocycles. The first-order chi connectivity index (χ1) is 9.72. The van der Waals surface area contributed by atoms with E-state index in [9.17, 15) is 4.79 Å². The van der Waals surface area contributed by atoms with Gasteiger partial charge in [-0.05, 0) is 61.6 Å². The molecule has 1 fully saturated rings. The largest absolute Gasteiger partial charge is 0.481 e. The van der Waals surface area contributed by atoms with E-state index in [0.717, 1.165) is 32.2 Å². The molecule has 3 heteroatoms. The Hall–Kier alpha value is -1.35. The van der Waals surface area contributed by atoms with Crippen molar-refractivity contribution in [2.45, 2.75) is 57.5 Å². The van der Waals surface area contributed by atoms with Crippen molar-refractivity contribution in [3.05, 3.63) is 34.9 Å². The van der Waals surface area contributed by atoms with Crippen LogP contribution in [-0.4, -0.2) is 17.1 Å². The lowest BCUT2D eigenvalue weighted by Gasteiger charge is -2.27. The van der Waals surface area contributed by atoms with Crippen molar-refractivity contribution in [3.8, 4) is 0 Å². The van der Waals surface area contributed by atoms with Gasteiger partial charge >= 0.3 is 5.97 Å². The van der Waals surface area contributed by atoms with Crippen LogP contribution in [0, 0.1) is 5.92 Å². The average Bonchev–Trinajstić information content (AvgIpc) is 2.93. The van der Waals surface area contributed by atoms with Gasteiger partial charge in [0.15, 0.2) is 0 Å². The van der Waals surface area contributed by atoms with Crippen molar-refractivity contribution in [2.24, 2.45) is 5.92 Å². The molecule has 0 saturated heterocycles. The minimum absolute atomic E-state index is 0.118. The molecule has 20 heavy (non-hydrogen) atoms. The van der Waals surface area contributed by atoms with Crippen LogP contribution in [-0.2, 0) is 24.2 Å². The number of aryl methyl sites for hydroxylation is 2. The Morgan fingerprint density at radius 3 is 2.65 bits per heavy atom. The maximum absolute atomic E-state index is 10.9. The number of nitrogens with one attached hydrogen (secondary N) is 1. The number of carboxylic acid groups (broad SMARTS) is 1. The zero-order valence-corrected chi connectivity index (χ0v) is 11.9. The van der Waals surface area contributed by atoms with Gasteiger partial charge in [-0.1, -0.05) is 18.2 Å². The van der Waals surface area contributed by atoms with Crippen LogP contribution in [0.25, 0.3) is 0 Å². The van der Waals surface area contributed by atoms with E-state index in [1.165, 1.54) is 36.0 Å². The first-order valence-electron chi connectivity index (χ1n) is 7.79. The van der Waals surface area contributed by atoms with Crippen LogP contribution in [0.1, 0.15) is 48.8 Å². The Morgan fingerprint density at radius 2 is 1.90 bits per heavy atom. The standard InChI is InChI=1S/C17H23NO2/c19-17(20)14-6-8-16(9-7-14)18-11-12-4-5-13-2-1-3-15(13)10-12/h4-5,10,14,16,18H,1-3,6-9,11H2,(H,19,20). The fourth-order valence-electron chi connectivity index (χ4n) is 3.54. The van der Waals surface area contributed by atoms with Crippen molar-refractivity contribution < 1.29 is 9.90 Å². The quantitative estimate of drug-likeness (QED) is 0.887. The third kappa shape index (κ3) is 3.04. The zero-order valence-electron chi connectivity index (χ0n) is 11.9. The molecule has 2 aliphatic rings. The molecular weight excluding hydrogens is 250 g/mol. The molecule has 1 saturated carbocycles. The van der Waals surface area contributed by atoms with Gasteiger partial charge in [0, 0.05) is 12.6 Å². The average molecular weight is 273 g/mol. The van der Waals surface area contributed by atoms with Crippen molar-refractivity contribution in [1.29, 1.82) is 0 Å². The number of fused-ring (bicyclic) bond motifs is 1. The van der Waals surface area contributed by atoms with Gasteiger partial charge in [0.2, 0.25) is 0 Å². The van der Waals surface area contributed by atoms with Gasteiger partial charge in [0.1, 0.15) is 0 Å². The predicted molar refractivity (Wildman–Crippen MR) is 78.7 cm³/mol. The molecule has 0 spiro atoms. The van der Waals surface area contributed by atoms with Gasteiger partial charge in [0.05, 0.1) is 5.92 Å². The highest BCUT2D eigenvalue weighted by Gasteiger charge is 2.25. The number of carbonyl (C=O) groups is 1. The van der Waals surface area contributed by atoms with E-state index in [2.05, 4.69) is 23.5 Å². The summed E-state index contributed by atoms with van der Waals surface area (Å²) in [4.78, 5) is 10.9. The van der Waals surface area contributed by atoms with Crippen molar-refractivity contribution in [3.63, 3.8) is 0 Å². The van der Waals surface area contributed by atoms with E-state index in [4.69, 9.17) is 5.11 Å². The van der Waals surface area contributed by atoms with Crippen LogP contribution < -0.4 is 5.32 Å². The van der Waals surface area contributed by atoms with Crippen molar-refractivity contribution in [1.82, 2.24) is 5.32 Å². The molecule has 0 radical (unpaired) electrons. The van der Waals surface area contributed by atoms with Crippen LogP contribution in [0.3, 0.4) is 0 Å². The smallest absolute Gasteiger partial charge is 0.306 e. The summed E-state index contributed by atoms with van der Waals surface area (Å²) in [5.74, 6) is -0.741. The normalized spacial score (nSPS) is 25.4. The summed E-state index contributed by atoms with van der Waals surface area (Å²) in [5.41, 5.74) is 4.42. The fourth-order valence-corrected chi connectivity index (χ4v) is 3.54. The monoisotopic (exact) mass is 273 g/mol. The Balaban J connectivity index is 1.49. The molecule has 2 N–H and O–H groups in total. The maximum Gasteiger partial charge on any atom is 0.306 e. The van der Waals surface area contributed by atoms with Gasteiger partial charge in [0.25, 0.3) is 0 Å². The van der Waals surface area contributed by atoms with E-state index in [1.807, 2.05) is 0 Å². The second-order valence-corrected chi connectivity index (χ2v) is 6.22. The first-order valence-corrected chi connectivity index (χ1v) is 7.79. The lowest BCUT2D eigenvalue weighted by molar-refractivity contribution is -0.142. The van der Waals surface area contributed by atoms with E-state index in [1.54, 1.807) is 0 Å². The minimum Gasteiger partial charge on any atom is -0.481 e.